The number of esters is 2. The third-order valence-corrected chi connectivity index (χ3v) is 10.3. The molecule has 3 aliphatic rings. The number of hydrogen-bond donors (Lipinski definition) is 0. The number of thioether (sulfide) groups is 3. The first kappa shape index (κ1) is 27.5. The highest BCUT2D eigenvalue weighted by Gasteiger charge is 2.54. The Labute approximate surface area is 229 Å². The van der Waals surface area contributed by atoms with Gasteiger partial charge in [0.1, 0.15) is 14.7 Å². The molecule has 1 amide bonds. The molecule has 37 heavy (non-hydrogen) atoms. The molecule has 0 saturated heterocycles. The van der Waals surface area contributed by atoms with Gasteiger partial charge >= 0.3 is 11.9 Å². The molecule has 0 bridgehead atoms. The number of nitrogens with zero attached hydrogens (tertiary/aromatic N) is 1. The second kappa shape index (κ2) is 10.7. The highest BCUT2D eigenvalue weighted by Crippen LogP contribution is 2.66. The van der Waals surface area contributed by atoms with E-state index < -0.39 is 21.6 Å². The van der Waals surface area contributed by atoms with Crippen LogP contribution >= 0.6 is 35.3 Å². The normalized spacial score (nSPS) is 21.8. The highest BCUT2D eigenvalue weighted by atomic mass is 32.2. The van der Waals surface area contributed by atoms with Crippen LogP contribution < -0.4 is 9.64 Å². The molecule has 1 spiro atoms. The van der Waals surface area contributed by atoms with Crippen molar-refractivity contribution >= 4 is 64.4 Å². The molecule has 0 unspecified atom stereocenters. The minimum Gasteiger partial charge on any atom is -0.497 e. The van der Waals surface area contributed by atoms with Crippen LogP contribution in [0.5, 0.6) is 5.75 Å². The number of ether oxygens (including phenoxy) is 3. The van der Waals surface area contributed by atoms with Gasteiger partial charge in [-0.25, -0.2) is 9.59 Å². The van der Waals surface area contributed by atoms with Crippen molar-refractivity contribution in [2.24, 2.45) is 0 Å². The summed E-state index contributed by atoms with van der Waals surface area (Å²) in [7, 11) is 1.59. The van der Waals surface area contributed by atoms with Gasteiger partial charge in [-0.1, -0.05) is 29.6 Å². The molecular formula is C27H29NO6S3. The lowest BCUT2D eigenvalue weighted by molar-refractivity contribution is -0.138. The van der Waals surface area contributed by atoms with E-state index in [1.807, 2.05) is 38.1 Å². The minimum atomic E-state index is -0.848. The molecule has 3 heterocycles. The lowest BCUT2D eigenvalue weighted by atomic mass is 9.85. The second-order valence-electron chi connectivity index (χ2n) is 8.74. The Morgan fingerprint density at radius 2 is 1.73 bits per heavy atom. The summed E-state index contributed by atoms with van der Waals surface area (Å²) >= 11 is 4.09. The predicted octanol–water partition coefficient (Wildman–Crippen LogP) is 5.88. The van der Waals surface area contributed by atoms with E-state index in [0.29, 0.717) is 15.6 Å². The molecular weight excluding hydrogens is 530 g/mol. The number of amides is 1. The molecule has 7 nitrogen and oxygen atoms in total. The van der Waals surface area contributed by atoms with Gasteiger partial charge in [0.2, 0.25) is 0 Å². The lowest BCUT2D eigenvalue weighted by Crippen LogP contribution is -2.52. The van der Waals surface area contributed by atoms with Crippen molar-refractivity contribution in [2.75, 3.05) is 25.2 Å². The molecule has 10 heteroatoms. The standard InChI is InChI=1S/C27H29NO6S3/c1-7-10-21(29)28-18-12-11-16(32-6)13-17(18)22-23(26(28,4)5)36-19(24(30)33-8-2)14-27(22)35-15-20(37-27)25(31)34-9-3/h7,10-15H,8-9H2,1-6H3/b10-7+/t27-/m0/s1. The summed E-state index contributed by atoms with van der Waals surface area (Å²) in [4.78, 5) is 42.6. The Morgan fingerprint density at radius 3 is 2.35 bits per heavy atom. The van der Waals surface area contributed by atoms with Crippen molar-refractivity contribution in [3.8, 4) is 5.75 Å². The minimum absolute atomic E-state index is 0.176. The Kier molecular flexibility index (Phi) is 7.92. The molecule has 0 fully saturated rings. The summed E-state index contributed by atoms with van der Waals surface area (Å²) in [6, 6.07) is 5.62. The van der Waals surface area contributed by atoms with Gasteiger partial charge in [-0.2, -0.15) is 0 Å². The Balaban J connectivity index is 1.98. The summed E-state index contributed by atoms with van der Waals surface area (Å²) in [5, 5.41) is 1.78. The molecule has 1 aromatic carbocycles. The Bertz CT molecular complexity index is 1280. The highest BCUT2D eigenvalue weighted by molar-refractivity contribution is 8.25. The van der Waals surface area contributed by atoms with Crippen LogP contribution in [0.2, 0.25) is 0 Å². The molecule has 3 aliphatic heterocycles. The maximum atomic E-state index is 13.4. The van der Waals surface area contributed by atoms with Gasteiger partial charge in [0, 0.05) is 16.0 Å². The maximum Gasteiger partial charge on any atom is 0.345 e. The van der Waals surface area contributed by atoms with Crippen molar-refractivity contribution in [3.05, 3.63) is 62.1 Å². The van der Waals surface area contributed by atoms with Crippen LogP contribution in [0.3, 0.4) is 0 Å². The molecule has 0 radical (unpaired) electrons. The Morgan fingerprint density at radius 1 is 1.05 bits per heavy atom. The van der Waals surface area contributed by atoms with Crippen LogP contribution in [0.1, 0.15) is 40.2 Å². The zero-order chi connectivity index (χ0) is 27.0. The van der Waals surface area contributed by atoms with Crippen LogP contribution in [0.15, 0.2) is 56.6 Å². The summed E-state index contributed by atoms with van der Waals surface area (Å²) in [6.45, 7) is 9.76. The number of methoxy groups -OCH3 is 1. The number of benzene rings is 1. The molecule has 0 saturated carbocycles. The zero-order valence-electron chi connectivity index (χ0n) is 21.6. The SMILES string of the molecule is C/C=C/C(=O)N1c2ccc(OC)cc2C2=C(SC(C(=O)OCC)=C[C@@]23SC=C(C(=O)OCC)S3)C1(C)C. The van der Waals surface area contributed by atoms with Gasteiger partial charge in [0.25, 0.3) is 5.91 Å². The maximum absolute atomic E-state index is 13.4. The number of hydrogen-bond acceptors (Lipinski definition) is 9. The van der Waals surface area contributed by atoms with Gasteiger partial charge in [-0.3, -0.25) is 9.69 Å². The summed E-state index contributed by atoms with van der Waals surface area (Å²) in [5.74, 6) is -0.392. The molecule has 0 aromatic heterocycles. The van der Waals surface area contributed by atoms with Gasteiger partial charge in [-0.05, 0) is 70.4 Å². The molecule has 0 N–H and O–H groups in total. The van der Waals surface area contributed by atoms with E-state index >= 15 is 0 Å². The average molecular weight is 560 g/mol. The average Bonchev–Trinajstić information content (AvgIpc) is 3.28. The molecule has 1 aromatic rings. The number of carbonyl (C=O) groups excluding carboxylic acids is 3. The fourth-order valence-corrected chi connectivity index (χ4v) is 8.89. The first-order chi connectivity index (χ1) is 17.6. The van der Waals surface area contributed by atoms with Gasteiger partial charge in [-0.15, -0.1) is 11.8 Å². The van der Waals surface area contributed by atoms with E-state index in [4.69, 9.17) is 14.2 Å². The number of carbonyl (C=O) groups is 3. The third-order valence-electron chi connectivity index (χ3n) is 6.02. The van der Waals surface area contributed by atoms with E-state index in [1.165, 1.54) is 41.4 Å². The number of fused-ring (bicyclic) bond motifs is 3. The van der Waals surface area contributed by atoms with Crippen LogP contribution in [0, 0.1) is 0 Å². The van der Waals surface area contributed by atoms with Gasteiger partial charge in [0.05, 0.1) is 36.5 Å². The van der Waals surface area contributed by atoms with E-state index in [1.54, 1.807) is 44.3 Å². The van der Waals surface area contributed by atoms with Crippen LogP contribution in [-0.2, 0) is 23.9 Å². The van der Waals surface area contributed by atoms with E-state index in [2.05, 4.69) is 0 Å². The van der Waals surface area contributed by atoms with E-state index in [-0.39, 0.29) is 19.1 Å². The largest absolute Gasteiger partial charge is 0.497 e. The van der Waals surface area contributed by atoms with Crippen molar-refractivity contribution in [3.63, 3.8) is 0 Å². The van der Waals surface area contributed by atoms with Crippen LogP contribution in [0.4, 0.5) is 5.69 Å². The third kappa shape index (κ3) is 4.75. The monoisotopic (exact) mass is 559 g/mol. The van der Waals surface area contributed by atoms with Crippen molar-refractivity contribution in [2.45, 2.75) is 44.2 Å². The predicted molar refractivity (Wildman–Crippen MR) is 151 cm³/mol. The van der Waals surface area contributed by atoms with Crippen molar-refractivity contribution in [1.82, 2.24) is 0 Å². The van der Waals surface area contributed by atoms with E-state index in [9.17, 15) is 14.4 Å². The number of anilines is 1. The molecule has 1 atom stereocenters. The summed E-state index contributed by atoms with van der Waals surface area (Å²) in [6.07, 6.45) is 5.12. The lowest BCUT2D eigenvalue weighted by Gasteiger charge is -2.49. The van der Waals surface area contributed by atoms with Crippen molar-refractivity contribution in [1.29, 1.82) is 0 Å². The second-order valence-corrected chi connectivity index (χ2v) is 12.5. The zero-order valence-corrected chi connectivity index (χ0v) is 24.0. The van der Waals surface area contributed by atoms with Gasteiger partial charge in [0.15, 0.2) is 0 Å². The number of allylic oxidation sites excluding steroid dienone is 1. The number of rotatable bonds is 6. The molecule has 4 rings (SSSR count). The fourth-order valence-electron chi connectivity index (χ4n) is 4.51. The van der Waals surface area contributed by atoms with Crippen molar-refractivity contribution < 1.29 is 28.6 Å². The Hall–Kier alpha value is -2.56. The molecule has 0 aliphatic carbocycles. The first-order valence-electron chi connectivity index (χ1n) is 11.9. The quantitative estimate of drug-likeness (QED) is 0.313. The van der Waals surface area contributed by atoms with E-state index in [0.717, 1.165) is 21.7 Å². The molecule has 196 valence electrons. The van der Waals surface area contributed by atoms with Crippen LogP contribution in [0.25, 0.3) is 5.57 Å². The summed E-state index contributed by atoms with van der Waals surface area (Å²) < 4.78 is 15.4. The van der Waals surface area contributed by atoms with Gasteiger partial charge < -0.3 is 14.2 Å². The summed E-state index contributed by atoms with van der Waals surface area (Å²) in [5.41, 5.74) is 1.63. The smallest absolute Gasteiger partial charge is 0.345 e. The van der Waals surface area contributed by atoms with Crippen LogP contribution in [-0.4, -0.2) is 47.8 Å². The fraction of sp³-hybridized carbons (Fsp3) is 0.370. The first-order valence-corrected chi connectivity index (χ1v) is 14.4. The topological polar surface area (TPSA) is 82.1 Å².